The van der Waals surface area contributed by atoms with Crippen LogP contribution in [0.4, 0.5) is 0 Å². The molecule has 1 aliphatic rings. The predicted octanol–water partition coefficient (Wildman–Crippen LogP) is 2.43. The van der Waals surface area contributed by atoms with Crippen LogP contribution in [-0.4, -0.2) is 26.1 Å². The number of halogens is 1. The molecule has 4 nitrogen and oxygen atoms in total. The zero-order valence-corrected chi connectivity index (χ0v) is 13.6. The van der Waals surface area contributed by atoms with Crippen LogP contribution in [0, 0.1) is 12.8 Å². The van der Waals surface area contributed by atoms with Crippen molar-refractivity contribution in [2.24, 2.45) is 5.92 Å². The van der Waals surface area contributed by atoms with Crippen molar-refractivity contribution in [3.63, 3.8) is 0 Å². The van der Waals surface area contributed by atoms with E-state index in [0.717, 1.165) is 23.8 Å². The molecule has 1 aromatic rings. The molecule has 2 rings (SSSR count). The molecule has 5 heteroatoms. The molecule has 0 atom stereocenters. The summed E-state index contributed by atoms with van der Waals surface area (Å²) in [6, 6.07) is 6.15. The minimum Gasteiger partial charge on any atom is -0.493 e. The van der Waals surface area contributed by atoms with Crippen molar-refractivity contribution in [3.8, 4) is 5.75 Å². The summed E-state index contributed by atoms with van der Waals surface area (Å²) in [5, 5.41) is 5.91. The van der Waals surface area contributed by atoms with Crippen molar-refractivity contribution in [1.29, 1.82) is 0 Å². The van der Waals surface area contributed by atoms with Crippen LogP contribution >= 0.6 is 12.4 Å². The molecule has 0 unspecified atom stereocenters. The number of carbonyl (C=O) groups is 1. The summed E-state index contributed by atoms with van der Waals surface area (Å²) in [7, 11) is 1.84. The smallest absolute Gasteiger partial charge is 0.221 e. The number of hydrogen-bond donors (Lipinski definition) is 2. The van der Waals surface area contributed by atoms with E-state index in [4.69, 9.17) is 4.74 Å². The summed E-state index contributed by atoms with van der Waals surface area (Å²) in [5.74, 6) is 1.70. The van der Waals surface area contributed by atoms with Gasteiger partial charge in [0.25, 0.3) is 0 Å². The Morgan fingerprint density at radius 2 is 2.14 bits per heavy atom. The van der Waals surface area contributed by atoms with E-state index in [1.807, 2.05) is 13.1 Å². The van der Waals surface area contributed by atoms with E-state index in [2.05, 4.69) is 29.7 Å². The lowest BCUT2D eigenvalue weighted by atomic mass is 10.1. The molecule has 0 bridgehead atoms. The van der Waals surface area contributed by atoms with Crippen molar-refractivity contribution in [3.05, 3.63) is 29.3 Å². The van der Waals surface area contributed by atoms with Gasteiger partial charge in [-0.1, -0.05) is 12.1 Å². The second kappa shape index (κ2) is 8.90. The van der Waals surface area contributed by atoms with Crippen LogP contribution < -0.4 is 15.4 Å². The normalized spacial score (nSPS) is 13.4. The first kappa shape index (κ1) is 17.8. The fourth-order valence-electron chi connectivity index (χ4n) is 1.96. The molecular weight excluding hydrogens is 288 g/mol. The number of benzene rings is 1. The Morgan fingerprint density at radius 3 is 2.81 bits per heavy atom. The number of nitrogens with one attached hydrogen (secondary N) is 2. The fraction of sp³-hybridized carbons (Fsp3) is 0.562. The Bertz CT molecular complexity index is 462. The highest BCUT2D eigenvalue weighted by Crippen LogP contribution is 2.30. The lowest BCUT2D eigenvalue weighted by molar-refractivity contribution is -0.121. The van der Waals surface area contributed by atoms with Gasteiger partial charge in [0, 0.05) is 25.1 Å². The van der Waals surface area contributed by atoms with E-state index in [9.17, 15) is 4.79 Å². The maximum absolute atomic E-state index is 11.6. The third-order valence-electron chi connectivity index (χ3n) is 3.47. The number of rotatable bonds is 8. The van der Waals surface area contributed by atoms with Crippen LogP contribution in [0.2, 0.25) is 0 Å². The van der Waals surface area contributed by atoms with Crippen molar-refractivity contribution in [2.75, 3.05) is 20.2 Å². The second-order valence-electron chi connectivity index (χ2n) is 5.50. The van der Waals surface area contributed by atoms with Gasteiger partial charge in [-0.2, -0.15) is 0 Å². The Balaban J connectivity index is 0.00000220. The van der Waals surface area contributed by atoms with Crippen molar-refractivity contribution in [2.45, 2.75) is 32.7 Å². The topological polar surface area (TPSA) is 50.4 Å². The minimum atomic E-state index is 0. The lowest BCUT2D eigenvalue weighted by Crippen LogP contribution is -2.26. The molecule has 0 aromatic heterocycles. The van der Waals surface area contributed by atoms with Gasteiger partial charge in [-0.25, -0.2) is 0 Å². The second-order valence-corrected chi connectivity index (χ2v) is 5.50. The van der Waals surface area contributed by atoms with E-state index >= 15 is 0 Å². The number of ether oxygens (including phenoxy) is 1. The first-order valence-corrected chi connectivity index (χ1v) is 7.32. The van der Waals surface area contributed by atoms with Crippen molar-refractivity contribution in [1.82, 2.24) is 10.6 Å². The molecule has 1 saturated carbocycles. The standard InChI is InChI=1S/C16H24N2O2.ClH/c1-12-3-6-14(10-18-16(19)7-8-17-2)15(9-12)20-11-13-4-5-13;/h3,6,9,13,17H,4-5,7-8,10-11H2,1-2H3,(H,18,19);1H. The Hall–Kier alpha value is -1.26. The van der Waals surface area contributed by atoms with Crippen LogP contribution in [-0.2, 0) is 11.3 Å². The highest BCUT2D eigenvalue weighted by Gasteiger charge is 2.22. The molecule has 21 heavy (non-hydrogen) atoms. The highest BCUT2D eigenvalue weighted by atomic mass is 35.5. The molecule has 118 valence electrons. The van der Waals surface area contributed by atoms with Crippen LogP contribution in [0.1, 0.15) is 30.4 Å². The van der Waals surface area contributed by atoms with Gasteiger partial charge in [-0.15, -0.1) is 12.4 Å². The fourth-order valence-corrected chi connectivity index (χ4v) is 1.96. The molecule has 1 amide bonds. The average Bonchev–Trinajstić information content (AvgIpc) is 3.26. The molecule has 0 radical (unpaired) electrons. The summed E-state index contributed by atoms with van der Waals surface area (Å²) >= 11 is 0. The van der Waals surface area contributed by atoms with Crippen LogP contribution in [0.25, 0.3) is 0 Å². The van der Waals surface area contributed by atoms with Gasteiger partial charge >= 0.3 is 0 Å². The third kappa shape index (κ3) is 6.36. The average molecular weight is 313 g/mol. The van der Waals surface area contributed by atoms with Crippen molar-refractivity contribution >= 4 is 18.3 Å². The molecule has 2 N–H and O–H groups in total. The first-order chi connectivity index (χ1) is 9.69. The number of carbonyl (C=O) groups excluding carboxylic acids is 1. The summed E-state index contributed by atoms with van der Waals surface area (Å²) in [5.41, 5.74) is 2.23. The van der Waals surface area contributed by atoms with Gasteiger partial charge < -0.3 is 15.4 Å². The van der Waals surface area contributed by atoms with Gasteiger partial charge in [0.15, 0.2) is 0 Å². The monoisotopic (exact) mass is 312 g/mol. The quantitative estimate of drug-likeness (QED) is 0.775. The largest absolute Gasteiger partial charge is 0.493 e. The van der Waals surface area contributed by atoms with Gasteiger partial charge in [-0.3, -0.25) is 4.79 Å². The van der Waals surface area contributed by atoms with Crippen molar-refractivity contribution < 1.29 is 9.53 Å². The molecule has 1 fully saturated rings. The van der Waals surface area contributed by atoms with E-state index in [1.54, 1.807) is 0 Å². The zero-order chi connectivity index (χ0) is 14.4. The molecule has 0 aliphatic heterocycles. The molecule has 0 spiro atoms. The summed E-state index contributed by atoms with van der Waals surface area (Å²) < 4.78 is 5.89. The lowest BCUT2D eigenvalue weighted by Gasteiger charge is -2.13. The van der Waals surface area contributed by atoms with Crippen LogP contribution in [0.3, 0.4) is 0 Å². The molecular formula is C16H25ClN2O2. The third-order valence-corrected chi connectivity index (χ3v) is 3.47. The van der Waals surface area contributed by atoms with E-state index in [-0.39, 0.29) is 18.3 Å². The van der Waals surface area contributed by atoms with Gasteiger partial charge in [0.05, 0.1) is 6.61 Å². The SMILES string of the molecule is CNCCC(=O)NCc1ccc(C)cc1OCC1CC1.Cl. The number of hydrogen-bond acceptors (Lipinski definition) is 3. The van der Waals surface area contributed by atoms with Gasteiger partial charge in [0.2, 0.25) is 5.91 Å². The van der Waals surface area contributed by atoms with Gasteiger partial charge in [0.1, 0.15) is 5.75 Å². The zero-order valence-electron chi connectivity index (χ0n) is 12.8. The highest BCUT2D eigenvalue weighted by molar-refractivity contribution is 5.85. The van der Waals surface area contributed by atoms with E-state index in [1.165, 1.54) is 18.4 Å². The molecule has 0 saturated heterocycles. The summed E-state index contributed by atoms with van der Waals surface area (Å²) in [6.45, 7) is 4.08. The van der Waals surface area contributed by atoms with Crippen LogP contribution in [0.15, 0.2) is 18.2 Å². The molecule has 1 aliphatic carbocycles. The molecule has 0 heterocycles. The number of amides is 1. The predicted molar refractivity (Wildman–Crippen MR) is 87.0 cm³/mol. The van der Waals surface area contributed by atoms with E-state index in [0.29, 0.717) is 19.5 Å². The maximum atomic E-state index is 11.6. The maximum Gasteiger partial charge on any atom is 0.221 e. The number of aryl methyl sites for hydroxylation is 1. The van der Waals surface area contributed by atoms with Gasteiger partial charge in [-0.05, 0) is 44.4 Å². The first-order valence-electron chi connectivity index (χ1n) is 7.32. The summed E-state index contributed by atoms with van der Waals surface area (Å²) in [4.78, 5) is 11.6. The summed E-state index contributed by atoms with van der Waals surface area (Å²) in [6.07, 6.45) is 3.06. The minimum absolute atomic E-state index is 0. The van der Waals surface area contributed by atoms with E-state index < -0.39 is 0 Å². The Labute approximate surface area is 133 Å². The molecule has 1 aromatic carbocycles. The Kier molecular flexibility index (Phi) is 7.54. The van der Waals surface area contributed by atoms with Crippen LogP contribution in [0.5, 0.6) is 5.75 Å². The Morgan fingerprint density at radius 1 is 1.38 bits per heavy atom.